The summed E-state index contributed by atoms with van der Waals surface area (Å²) in [4.78, 5) is 24.6. The van der Waals surface area contributed by atoms with Gasteiger partial charge >= 0.3 is 6.18 Å². The fourth-order valence-corrected chi connectivity index (χ4v) is 2.69. The number of benzene rings is 1. The van der Waals surface area contributed by atoms with Crippen molar-refractivity contribution in [2.45, 2.75) is 18.8 Å². The molecule has 2 aliphatic rings. The third kappa shape index (κ3) is 3.40. The molecule has 2 heterocycles. The van der Waals surface area contributed by atoms with Crippen LogP contribution in [0.25, 0.3) is 0 Å². The Hall–Kier alpha value is -2.33. The molecule has 1 aromatic rings. The number of alkyl halides is 3. The molecule has 2 amide bonds. The molecule has 0 spiro atoms. The molecule has 0 radical (unpaired) electrons. The molecule has 25 heavy (non-hydrogen) atoms. The van der Waals surface area contributed by atoms with Gasteiger partial charge in [-0.05, 0) is 12.1 Å². The molecule has 3 rings (SSSR count). The van der Waals surface area contributed by atoms with Gasteiger partial charge in [-0.15, -0.1) is 0 Å². The maximum absolute atomic E-state index is 13.4. The predicted octanol–water partition coefficient (Wildman–Crippen LogP) is 1.10. The van der Waals surface area contributed by atoms with Crippen molar-refractivity contribution in [3.63, 3.8) is 0 Å². The number of hydrogen-bond donors (Lipinski definition) is 2. The number of amides is 2. The minimum Gasteiger partial charge on any atom is -0.491 e. The van der Waals surface area contributed by atoms with Crippen molar-refractivity contribution in [3.05, 3.63) is 29.3 Å². The lowest BCUT2D eigenvalue weighted by molar-refractivity contribution is -0.201. The van der Waals surface area contributed by atoms with Crippen LogP contribution in [0.1, 0.15) is 15.9 Å². The highest BCUT2D eigenvalue weighted by molar-refractivity contribution is 5.93. The first-order valence-electron chi connectivity index (χ1n) is 7.46. The quantitative estimate of drug-likeness (QED) is 0.609. The van der Waals surface area contributed by atoms with Crippen molar-refractivity contribution in [1.82, 2.24) is 10.4 Å². The number of ether oxygens (including phenoxy) is 2. The van der Waals surface area contributed by atoms with Crippen LogP contribution >= 0.6 is 0 Å². The molecule has 0 saturated carbocycles. The van der Waals surface area contributed by atoms with Crippen molar-refractivity contribution < 1.29 is 37.4 Å². The fraction of sp³-hybridized carbons (Fsp3) is 0.467. The highest BCUT2D eigenvalue weighted by Crippen LogP contribution is 2.34. The van der Waals surface area contributed by atoms with Crippen LogP contribution in [-0.4, -0.2) is 54.0 Å². The van der Waals surface area contributed by atoms with Crippen molar-refractivity contribution in [2.24, 2.45) is 5.92 Å². The average Bonchev–Trinajstić information content (AvgIpc) is 2.70. The fourth-order valence-electron chi connectivity index (χ4n) is 2.69. The van der Waals surface area contributed by atoms with Crippen molar-refractivity contribution in [1.29, 1.82) is 0 Å². The lowest BCUT2D eigenvalue weighted by atomic mass is 10.0. The zero-order valence-corrected chi connectivity index (χ0v) is 12.9. The maximum Gasteiger partial charge on any atom is 0.412 e. The number of rotatable bonds is 2. The molecular weight excluding hydrogens is 345 g/mol. The Morgan fingerprint density at radius 3 is 2.52 bits per heavy atom. The van der Waals surface area contributed by atoms with Gasteiger partial charge in [-0.1, -0.05) is 6.07 Å². The van der Waals surface area contributed by atoms with Crippen molar-refractivity contribution in [2.75, 3.05) is 19.8 Å². The summed E-state index contributed by atoms with van der Waals surface area (Å²) in [6.45, 7) is -0.873. The SMILES string of the molecule is O=C(NO)c1ccc2c(c1)OC[C@H](C(F)(F)F)N(C(=O)C1COC1)C2. The number of nitrogens with one attached hydrogen (secondary N) is 1. The largest absolute Gasteiger partial charge is 0.491 e. The summed E-state index contributed by atoms with van der Waals surface area (Å²) >= 11 is 0. The molecule has 0 aromatic heterocycles. The molecule has 1 aromatic carbocycles. The van der Waals surface area contributed by atoms with Gasteiger partial charge in [-0.3, -0.25) is 14.8 Å². The van der Waals surface area contributed by atoms with Gasteiger partial charge in [0.1, 0.15) is 12.4 Å². The Morgan fingerprint density at radius 1 is 1.24 bits per heavy atom. The van der Waals surface area contributed by atoms with Gasteiger partial charge in [0, 0.05) is 11.1 Å². The zero-order chi connectivity index (χ0) is 18.2. The lowest BCUT2D eigenvalue weighted by Gasteiger charge is -2.35. The van der Waals surface area contributed by atoms with E-state index in [9.17, 15) is 22.8 Å². The van der Waals surface area contributed by atoms with Crippen LogP contribution in [0.4, 0.5) is 13.2 Å². The number of carbonyl (C=O) groups excluding carboxylic acids is 2. The first-order valence-corrected chi connectivity index (χ1v) is 7.46. The lowest BCUT2D eigenvalue weighted by Crippen LogP contribution is -2.54. The van der Waals surface area contributed by atoms with Gasteiger partial charge in [0.2, 0.25) is 5.91 Å². The number of carbonyl (C=O) groups is 2. The number of hydroxylamine groups is 1. The number of nitrogens with zero attached hydrogens (tertiary/aromatic N) is 1. The molecule has 1 atom stereocenters. The highest BCUT2D eigenvalue weighted by Gasteiger charge is 2.49. The van der Waals surface area contributed by atoms with E-state index < -0.39 is 36.6 Å². The van der Waals surface area contributed by atoms with Gasteiger partial charge in [-0.25, -0.2) is 5.48 Å². The van der Waals surface area contributed by atoms with Crippen LogP contribution in [0.15, 0.2) is 18.2 Å². The smallest absolute Gasteiger partial charge is 0.412 e. The van der Waals surface area contributed by atoms with E-state index in [0.29, 0.717) is 5.56 Å². The Morgan fingerprint density at radius 2 is 1.96 bits per heavy atom. The Kier molecular flexibility index (Phi) is 4.56. The standard InChI is InChI=1S/C15H15F3N2O5/c16-15(17,18)12-7-25-11-3-8(13(21)19-23)1-2-9(11)4-20(12)14(22)10-5-24-6-10/h1-3,10,12,23H,4-7H2,(H,19,21)/t12-/m1/s1. The third-order valence-electron chi connectivity index (χ3n) is 4.19. The second kappa shape index (κ2) is 6.52. The van der Waals surface area contributed by atoms with Gasteiger partial charge in [-0.2, -0.15) is 13.2 Å². The van der Waals surface area contributed by atoms with Gasteiger partial charge in [0.25, 0.3) is 5.91 Å². The molecule has 0 unspecified atom stereocenters. The van der Waals surface area contributed by atoms with Crippen molar-refractivity contribution in [3.8, 4) is 5.75 Å². The Balaban J connectivity index is 1.93. The Bertz CT molecular complexity index is 690. The maximum atomic E-state index is 13.4. The second-order valence-corrected chi connectivity index (χ2v) is 5.83. The van der Waals surface area contributed by atoms with E-state index in [-0.39, 0.29) is 31.1 Å². The third-order valence-corrected chi connectivity index (χ3v) is 4.19. The summed E-state index contributed by atoms with van der Waals surface area (Å²) < 4.78 is 50.3. The summed E-state index contributed by atoms with van der Waals surface area (Å²) in [7, 11) is 0. The van der Waals surface area contributed by atoms with Gasteiger partial charge in [0.05, 0.1) is 25.7 Å². The minimum atomic E-state index is -4.66. The molecule has 0 aliphatic carbocycles. The topological polar surface area (TPSA) is 88.1 Å². The molecular formula is C15H15F3N2O5. The molecule has 2 N–H and O–H groups in total. The van der Waals surface area contributed by atoms with Crippen LogP contribution in [-0.2, 0) is 16.1 Å². The number of halogens is 3. The first kappa shape index (κ1) is 17.5. The van der Waals surface area contributed by atoms with E-state index in [0.717, 1.165) is 4.90 Å². The van der Waals surface area contributed by atoms with Crippen LogP contribution in [0.3, 0.4) is 0 Å². The van der Waals surface area contributed by atoms with Crippen LogP contribution < -0.4 is 10.2 Å². The summed E-state index contributed by atoms with van der Waals surface area (Å²) in [6, 6.07) is 1.87. The van der Waals surface area contributed by atoms with Crippen LogP contribution in [0, 0.1) is 5.92 Å². The Labute approximate surface area is 140 Å². The molecule has 0 bridgehead atoms. The van der Waals surface area contributed by atoms with E-state index in [4.69, 9.17) is 14.7 Å². The summed E-state index contributed by atoms with van der Waals surface area (Å²) in [5, 5.41) is 8.65. The minimum absolute atomic E-state index is 0.0250. The van der Waals surface area contributed by atoms with E-state index in [2.05, 4.69) is 0 Å². The molecule has 1 fully saturated rings. The van der Waals surface area contributed by atoms with E-state index in [1.807, 2.05) is 0 Å². The second-order valence-electron chi connectivity index (χ2n) is 5.83. The van der Waals surface area contributed by atoms with Gasteiger partial charge < -0.3 is 14.4 Å². The van der Waals surface area contributed by atoms with Crippen molar-refractivity contribution >= 4 is 11.8 Å². The highest BCUT2D eigenvalue weighted by atomic mass is 19.4. The average molecular weight is 360 g/mol. The summed E-state index contributed by atoms with van der Waals surface area (Å²) in [5.41, 5.74) is 1.81. The van der Waals surface area contributed by atoms with Crippen LogP contribution in [0.2, 0.25) is 0 Å². The van der Waals surface area contributed by atoms with E-state index >= 15 is 0 Å². The monoisotopic (exact) mass is 360 g/mol. The summed E-state index contributed by atoms with van der Waals surface area (Å²) in [5.74, 6) is -1.98. The number of fused-ring (bicyclic) bond motifs is 1. The molecule has 7 nitrogen and oxygen atoms in total. The zero-order valence-electron chi connectivity index (χ0n) is 12.9. The van der Waals surface area contributed by atoms with E-state index in [1.165, 1.54) is 23.7 Å². The van der Waals surface area contributed by atoms with E-state index in [1.54, 1.807) is 0 Å². The molecule has 2 aliphatic heterocycles. The van der Waals surface area contributed by atoms with Crippen LogP contribution in [0.5, 0.6) is 5.75 Å². The molecule has 1 saturated heterocycles. The normalized spacial score (nSPS) is 20.8. The predicted molar refractivity (Wildman–Crippen MR) is 75.9 cm³/mol. The summed E-state index contributed by atoms with van der Waals surface area (Å²) in [6.07, 6.45) is -4.66. The molecule has 136 valence electrons. The van der Waals surface area contributed by atoms with Gasteiger partial charge in [0.15, 0.2) is 6.04 Å². The first-order chi connectivity index (χ1) is 11.8. The molecule has 10 heteroatoms. The number of hydrogen-bond acceptors (Lipinski definition) is 5.